The van der Waals surface area contributed by atoms with Gasteiger partial charge in [0.2, 0.25) is 0 Å². The van der Waals surface area contributed by atoms with E-state index in [1.165, 1.54) is 12.8 Å². The topological polar surface area (TPSA) is 55.1 Å². The van der Waals surface area contributed by atoms with E-state index in [0.717, 1.165) is 42.1 Å². The van der Waals surface area contributed by atoms with Crippen LogP contribution in [0.1, 0.15) is 18.5 Å². The average molecular weight is 293 g/mol. The van der Waals surface area contributed by atoms with Gasteiger partial charge in [0.15, 0.2) is 5.82 Å². The van der Waals surface area contributed by atoms with E-state index in [4.69, 9.17) is 4.98 Å². The lowest BCUT2D eigenvalue weighted by Crippen LogP contribution is -2.31. The minimum absolute atomic E-state index is 0.681. The summed E-state index contributed by atoms with van der Waals surface area (Å²) >= 11 is 0. The Labute approximate surface area is 129 Å². The van der Waals surface area contributed by atoms with Gasteiger partial charge in [-0.2, -0.15) is 5.10 Å². The van der Waals surface area contributed by atoms with Crippen molar-refractivity contribution in [3.8, 4) is 11.4 Å². The zero-order chi connectivity index (χ0) is 14.8. The molecule has 1 aliphatic rings. The molecule has 0 unspecified atom stereocenters. The molecule has 3 aromatic heterocycles. The van der Waals surface area contributed by atoms with Crippen molar-refractivity contribution in [1.82, 2.24) is 24.9 Å². The first kappa shape index (κ1) is 13.4. The highest BCUT2D eigenvalue weighted by Crippen LogP contribution is 2.22. The number of hydrogen-bond acceptors (Lipinski definition) is 4. The second-order valence-electron chi connectivity index (χ2n) is 5.88. The Morgan fingerprint density at radius 3 is 3.18 bits per heavy atom. The molecule has 0 amide bonds. The average Bonchev–Trinajstić information content (AvgIpc) is 3.00. The second kappa shape index (κ2) is 5.85. The van der Waals surface area contributed by atoms with Gasteiger partial charge in [0.05, 0.1) is 17.3 Å². The molecule has 1 saturated heterocycles. The normalized spacial score (nSPS) is 18.6. The maximum atomic E-state index is 4.77. The number of pyridine rings is 1. The molecule has 4 rings (SSSR count). The Balaban J connectivity index is 1.63. The summed E-state index contributed by atoms with van der Waals surface area (Å²) in [6.07, 6.45) is 9.20. The lowest BCUT2D eigenvalue weighted by Gasteiger charge is -2.22. The fraction of sp³-hybridized carbons (Fsp3) is 0.353. The molecule has 1 aliphatic heterocycles. The molecule has 1 atom stereocenters. The third-order valence-electron chi connectivity index (χ3n) is 4.28. The Hall–Kier alpha value is -2.27. The number of piperidine rings is 1. The van der Waals surface area contributed by atoms with Crippen molar-refractivity contribution in [3.05, 3.63) is 48.5 Å². The van der Waals surface area contributed by atoms with Crippen molar-refractivity contribution < 1.29 is 0 Å². The molecule has 0 saturated carbocycles. The van der Waals surface area contributed by atoms with Crippen LogP contribution in [0.5, 0.6) is 0 Å². The standard InChI is InChI=1S/C17H19N5/c1-2-9-22-16(5-1)15(12-20-22)17-19-8-6-14(21-17)10-13-4-3-7-18-11-13/h1-2,5-6,8-9,12-13,18H,3-4,7,10-11H2/t13-/m0/s1. The summed E-state index contributed by atoms with van der Waals surface area (Å²) in [5.41, 5.74) is 3.15. The van der Waals surface area contributed by atoms with Gasteiger partial charge >= 0.3 is 0 Å². The number of nitrogens with one attached hydrogen (secondary N) is 1. The van der Waals surface area contributed by atoms with Gasteiger partial charge < -0.3 is 5.32 Å². The Bertz CT molecular complexity index is 773. The van der Waals surface area contributed by atoms with Crippen molar-refractivity contribution in [2.45, 2.75) is 19.3 Å². The first-order chi connectivity index (χ1) is 10.9. The molecule has 0 spiro atoms. The van der Waals surface area contributed by atoms with Crippen LogP contribution in [0.25, 0.3) is 16.9 Å². The zero-order valence-corrected chi connectivity index (χ0v) is 12.4. The van der Waals surface area contributed by atoms with Crippen LogP contribution in [0.2, 0.25) is 0 Å². The number of fused-ring (bicyclic) bond motifs is 1. The van der Waals surface area contributed by atoms with Gasteiger partial charge in [0, 0.05) is 18.1 Å². The summed E-state index contributed by atoms with van der Waals surface area (Å²) in [6.45, 7) is 2.24. The summed E-state index contributed by atoms with van der Waals surface area (Å²) in [4.78, 5) is 9.21. The predicted molar refractivity (Wildman–Crippen MR) is 85.5 cm³/mol. The number of nitrogens with zero attached hydrogens (tertiary/aromatic N) is 4. The van der Waals surface area contributed by atoms with Gasteiger partial charge in [0.1, 0.15) is 0 Å². The molecular weight excluding hydrogens is 274 g/mol. The number of aromatic nitrogens is 4. The molecule has 0 aromatic carbocycles. The van der Waals surface area contributed by atoms with E-state index in [-0.39, 0.29) is 0 Å². The van der Waals surface area contributed by atoms with Crippen molar-refractivity contribution in [1.29, 1.82) is 0 Å². The third-order valence-corrected chi connectivity index (χ3v) is 4.28. The van der Waals surface area contributed by atoms with Crippen molar-refractivity contribution in [2.24, 2.45) is 5.92 Å². The lowest BCUT2D eigenvalue weighted by molar-refractivity contribution is 0.373. The van der Waals surface area contributed by atoms with Gasteiger partial charge in [-0.25, -0.2) is 14.5 Å². The van der Waals surface area contributed by atoms with E-state index in [0.29, 0.717) is 5.92 Å². The van der Waals surface area contributed by atoms with Crippen molar-refractivity contribution in [3.63, 3.8) is 0 Å². The molecule has 1 N–H and O–H groups in total. The highest BCUT2D eigenvalue weighted by atomic mass is 15.2. The lowest BCUT2D eigenvalue weighted by atomic mass is 9.94. The van der Waals surface area contributed by atoms with Gasteiger partial charge in [-0.05, 0) is 56.5 Å². The second-order valence-corrected chi connectivity index (χ2v) is 5.88. The van der Waals surface area contributed by atoms with Crippen LogP contribution < -0.4 is 5.32 Å². The van der Waals surface area contributed by atoms with Gasteiger partial charge in [-0.1, -0.05) is 6.07 Å². The van der Waals surface area contributed by atoms with Crippen LogP contribution >= 0.6 is 0 Å². The molecule has 0 bridgehead atoms. The van der Waals surface area contributed by atoms with Gasteiger partial charge in [0.25, 0.3) is 0 Å². The summed E-state index contributed by atoms with van der Waals surface area (Å²) < 4.78 is 1.86. The third kappa shape index (κ3) is 2.60. The first-order valence-corrected chi connectivity index (χ1v) is 7.85. The number of hydrogen-bond donors (Lipinski definition) is 1. The van der Waals surface area contributed by atoms with Gasteiger partial charge in [-0.3, -0.25) is 0 Å². The predicted octanol–water partition coefficient (Wildman–Crippen LogP) is 2.33. The van der Waals surface area contributed by atoms with Crippen LogP contribution in [-0.2, 0) is 6.42 Å². The molecule has 5 heteroatoms. The van der Waals surface area contributed by atoms with Crippen LogP contribution in [0, 0.1) is 5.92 Å². The Morgan fingerprint density at radius 2 is 2.27 bits per heavy atom. The quantitative estimate of drug-likeness (QED) is 0.805. The minimum Gasteiger partial charge on any atom is -0.316 e. The van der Waals surface area contributed by atoms with Crippen molar-refractivity contribution in [2.75, 3.05) is 13.1 Å². The molecule has 5 nitrogen and oxygen atoms in total. The van der Waals surface area contributed by atoms with E-state index in [9.17, 15) is 0 Å². The minimum atomic E-state index is 0.681. The molecule has 4 heterocycles. The highest BCUT2D eigenvalue weighted by molar-refractivity contribution is 5.75. The first-order valence-electron chi connectivity index (χ1n) is 7.85. The molecule has 22 heavy (non-hydrogen) atoms. The molecule has 1 fully saturated rings. The maximum absolute atomic E-state index is 4.77. The van der Waals surface area contributed by atoms with E-state index in [2.05, 4.69) is 15.4 Å². The summed E-state index contributed by atoms with van der Waals surface area (Å²) in [5, 5.41) is 7.83. The monoisotopic (exact) mass is 293 g/mol. The van der Waals surface area contributed by atoms with Crippen LogP contribution in [0.3, 0.4) is 0 Å². The zero-order valence-electron chi connectivity index (χ0n) is 12.4. The van der Waals surface area contributed by atoms with E-state index in [1.54, 1.807) is 0 Å². The van der Waals surface area contributed by atoms with E-state index < -0.39 is 0 Å². The fourth-order valence-corrected chi connectivity index (χ4v) is 3.14. The van der Waals surface area contributed by atoms with Crippen LogP contribution in [0.15, 0.2) is 42.9 Å². The largest absolute Gasteiger partial charge is 0.316 e. The van der Waals surface area contributed by atoms with Gasteiger partial charge in [-0.15, -0.1) is 0 Å². The highest BCUT2D eigenvalue weighted by Gasteiger charge is 2.15. The SMILES string of the molecule is c1ccn2ncc(-c3nccc(C[C@@H]4CCCNC4)n3)c2c1. The molecule has 112 valence electrons. The molecular formula is C17H19N5. The molecule has 0 radical (unpaired) electrons. The maximum Gasteiger partial charge on any atom is 0.163 e. The summed E-state index contributed by atoms with van der Waals surface area (Å²) in [6, 6.07) is 8.06. The summed E-state index contributed by atoms with van der Waals surface area (Å²) in [5.74, 6) is 1.45. The Morgan fingerprint density at radius 1 is 1.27 bits per heavy atom. The molecule has 3 aromatic rings. The van der Waals surface area contributed by atoms with Crippen LogP contribution in [-0.4, -0.2) is 32.7 Å². The van der Waals surface area contributed by atoms with Crippen LogP contribution in [0.4, 0.5) is 0 Å². The van der Waals surface area contributed by atoms with Crippen molar-refractivity contribution >= 4 is 5.52 Å². The fourth-order valence-electron chi connectivity index (χ4n) is 3.14. The molecule has 0 aliphatic carbocycles. The number of rotatable bonds is 3. The summed E-state index contributed by atoms with van der Waals surface area (Å²) in [7, 11) is 0. The smallest absolute Gasteiger partial charge is 0.163 e. The van der Waals surface area contributed by atoms with E-state index >= 15 is 0 Å². The Kier molecular flexibility index (Phi) is 3.56. The van der Waals surface area contributed by atoms with E-state index in [1.807, 2.05) is 47.4 Å².